The van der Waals surface area contributed by atoms with Crippen LogP contribution in [0.5, 0.6) is 0 Å². The summed E-state index contributed by atoms with van der Waals surface area (Å²) in [5.41, 5.74) is 0. The highest BCUT2D eigenvalue weighted by molar-refractivity contribution is 6.23. The first-order valence-electron chi connectivity index (χ1n) is 2.92. The lowest BCUT2D eigenvalue weighted by atomic mass is 10.3. The van der Waals surface area contributed by atoms with Crippen molar-refractivity contribution < 1.29 is 4.65 Å². The Morgan fingerprint density at radius 3 is 2.78 bits per heavy atom. The minimum atomic E-state index is 0.564. The number of hydrogen-bond donors (Lipinski definition) is 1. The summed E-state index contributed by atoms with van der Waals surface area (Å²) in [5, 5.41) is 2.92. The molecule has 0 fully saturated rings. The van der Waals surface area contributed by atoms with Gasteiger partial charge in [0, 0.05) is 7.11 Å². The second-order valence-corrected chi connectivity index (χ2v) is 1.52. The van der Waals surface area contributed by atoms with E-state index in [0.29, 0.717) is 7.62 Å². The first kappa shape index (κ1) is 8.30. The maximum atomic E-state index is 4.74. The van der Waals surface area contributed by atoms with Gasteiger partial charge in [-0.25, -0.2) is 0 Å². The van der Waals surface area contributed by atoms with E-state index in [1.54, 1.807) is 7.11 Å². The molecule has 0 saturated carbocycles. The Labute approximate surface area is 56.9 Å². The van der Waals surface area contributed by atoms with Crippen molar-refractivity contribution in [2.45, 2.75) is 6.92 Å². The lowest BCUT2D eigenvalue weighted by Gasteiger charge is -1.90. The fourth-order valence-electron chi connectivity index (χ4n) is 0.366. The lowest BCUT2D eigenvalue weighted by molar-refractivity contribution is 0.436. The van der Waals surface area contributed by atoms with Crippen molar-refractivity contribution in [2.24, 2.45) is 0 Å². The molecular formula is C6H12BNO. The quantitative estimate of drug-likeness (QED) is 0.337. The molecule has 0 aliphatic rings. The molecule has 0 rings (SSSR count). The van der Waals surface area contributed by atoms with E-state index in [1.165, 1.54) is 0 Å². The highest BCUT2D eigenvalue weighted by atomic mass is 16.4. The van der Waals surface area contributed by atoms with Crippen LogP contribution in [0, 0.1) is 0 Å². The van der Waals surface area contributed by atoms with Gasteiger partial charge in [0.25, 0.3) is 0 Å². The highest BCUT2D eigenvalue weighted by Gasteiger charge is 1.75. The largest absolute Gasteiger partial charge is 0.422 e. The van der Waals surface area contributed by atoms with Crippen LogP contribution in [0.15, 0.2) is 24.4 Å². The van der Waals surface area contributed by atoms with E-state index >= 15 is 0 Å². The number of rotatable bonds is 4. The van der Waals surface area contributed by atoms with Crippen LogP contribution in [-0.2, 0) is 4.65 Å². The third-order valence-corrected chi connectivity index (χ3v) is 0.745. The molecular weight excluding hydrogens is 113 g/mol. The zero-order valence-corrected chi connectivity index (χ0v) is 5.92. The third kappa shape index (κ3) is 7.30. The van der Waals surface area contributed by atoms with Gasteiger partial charge >= 0.3 is 7.62 Å². The maximum Gasteiger partial charge on any atom is 0.393 e. The van der Waals surface area contributed by atoms with E-state index in [0.717, 1.165) is 0 Å². The molecule has 0 aliphatic heterocycles. The van der Waals surface area contributed by atoms with E-state index in [1.807, 2.05) is 31.4 Å². The summed E-state index contributed by atoms with van der Waals surface area (Å²) in [6.07, 6.45) is 7.66. The van der Waals surface area contributed by atoms with Crippen molar-refractivity contribution in [2.75, 3.05) is 7.11 Å². The van der Waals surface area contributed by atoms with Crippen LogP contribution in [0.25, 0.3) is 0 Å². The summed E-state index contributed by atoms with van der Waals surface area (Å²) in [4.78, 5) is 0. The Bertz CT molecular complexity index is 101. The van der Waals surface area contributed by atoms with Gasteiger partial charge in [0.15, 0.2) is 0 Å². The summed E-state index contributed by atoms with van der Waals surface area (Å²) in [6, 6.07) is 0. The van der Waals surface area contributed by atoms with E-state index in [9.17, 15) is 0 Å². The maximum absolute atomic E-state index is 4.74. The zero-order valence-electron chi connectivity index (χ0n) is 5.92. The molecule has 1 N–H and O–H groups in total. The van der Waals surface area contributed by atoms with E-state index in [-0.39, 0.29) is 0 Å². The molecule has 0 aromatic heterocycles. The molecule has 50 valence electrons. The molecule has 3 heteroatoms. The van der Waals surface area contributed by atoms with Crippen LogP contribution in [0.4, 0.5) is 0 Å². The monoisotopic (exact) mass is 125 g/mol. The minimum absolute atomic E-state index is 0.564. The van der Waals surface area contributed by atoms with Gasteiger partial charge in [-0.15, -0.1) is 0 Å². The average molecular weight is 125 g/mol. The highest BCUT2D eigenvalue weighted by Crippen LogP contribution is 1.70. The molecule has 0 aromatic rings. The van der Waals surface area contributed by atoms with Gasteiger partial charge in [-0.2, -0.15) is 0 Å². The number of nitrogens with one attached hydrogen (secondary N) is 1. The van der Waals surface area contributed by atoms with Gasteiger partial charge in [-0.3, -0.25) is 0 Å². The first-order chi connectivity index (χ1) is 4.41. The summed E-state index contributed by atoms with van der Waals surface area (Å²) in [6.45, 7) is 1.97. The fourth-order valence-corrected chi connectivity index (χ4v) is 0.366. The molecule has 0 bridgehead atoms. The molecule has 2 nitrogen and oxygen atoms in total. The van der Waals surface area contributed by atoms with Crippen LogP contribution < -0.4 is 5.23 Å². The summed E-state index contributed by atoms with van der Waals surface area (Å²) < 4.78 is 4.74. The molecule has 0 heterocycles. The molecule has 0 unspecified atom stereocenters. The number of hydrogen-bond acceptors (Lipinski definition) is 2. The van der Waals surface area contributed by atoms with Gasteiger partial charge in [-0.05, 0) is 19.2 Å². The van der Waals surface area contributed by atoms with E-state index in [2.05, 4.69) is 5.23 Å². The predicted octanol–water partition coefficient (Wildman–Crippen LogP) is 0.579. The molecule has 0 aromatic carbocycles. The Morgan fingerprint density at radius 2 is 2.22 bits per heavy atom. The van der Waals surface area contributed by atoms with Crippen molar-refractivity contribution >= 4 is 7.62 Å². The molecule has 9 heavy (non-hydrogen) atoms. The normalized spacial score (nSPS) is 10.9. The van der Waals surface area contributed by atoms with Crippen LogP contribution in [0.2, 0.25) is 0 Å². The third-order valence-electron chi connectivity index (χ3n) is 0.745. The van der Waals surface area contributed by atoms with E-state index < -0.39 is 0 Å². The zero-order chi connectivity index (χ0) is 6.95. The van der Waals surface area contributed by atoms with Crippen molar-refractivity contribution in [3.8, 4) is 0 Å². The van der Waals surface area contributed by atoms with Gasteiger partial charge in [0.2, 0.25) is 0 Å². The van der Waals surface area contributed by atoms with Crippen molar-refractivity contribution in [1.29, 1.82) is 0 Å². The molecule has 0 atom stereocenters. The Kier molecular flexibility index (Phi) is 6.74. The first-order valence-corrected chi connectivity index (χ1v) is 2.92. The second kappa shape index (κ2) is 7.30. The van der Waals surface area contributed by atoms with Crippen LogP contribution in [-0.4, -0.2) is 14.7 Å². The molecule has 0 aliphatic carbocycles. The number of allylic oxidation sites excluding steroid dienone is 3. The Balaban J connectivity index is 3.04. The van der Waals surface area contributed by atoms with Gasteiger partial charge in [0.05, 0.1) is 0 Å². The van der Waals surface area contributed by atoms with Gasteiger partial charge < -0.3 is 9.88 Å². The lowest BCUT2D eigenvalue weighted by Crippen LogP contribution is -2.12. The van der Waals surface area contributed by atoms with Gasteiger partial charge in [-0.1, -0.05) is 12.2 Å². The van der Waals surface area contributed by atoms with Crippen LogP contribution in [0.3, 0.4) is 0 Å². The summed E-state index contributed by atoms with van der Waals surface area (Å²) in [7, 11) is 2.21. The average Bonchev–Trinajstić information content (AvgIpc) is 1.89. The smallest absolute Gasteiger partial charge is 0.393 e. The predicted molar refractivity (Wildman–Crippen MR) is 41.2 cm³/mol. The summed E-state index contributed by atoms with van der Waals surface area (Å²) in [5.74, 6) is 0. The minimum Gasteiger partial charge on any atom is -0.422 e. The van der Waals surface area contributed by atoms with Crippen LogP contribution in [0.1, 0.15) is 6.92 Å². The SMILES string of the molecule is C/C=C\C=C/NBOC. The van der Waals surface area contributed by atoms with Gasteiger partial charge in [0.1, 0.15) is 0 Å². The summed E-state index contributed by atoms with van der Waals surface area (Å²) >= 11 is 0. The molecule has 0 saturated heterocycles. The van der Waals surface area contributed by atoms with Crippen molar-refractivity contribution in [1.82, 2.24) is 5.23 Å². The van der Waals surface area contributed by atoms with Crippen LogP contribution >= 0.6 is 0 Å². The standard InChI is InChI=1S/C6H12BNO/c1-3-4-5-6-8-7-9-2/h3-8H,1-2H3/b4-3-,6-5-. The Morgan fingerprint density at radius 1 is 1.44 bits per heavy atom. The molecule has 0 amide bonds. The van der Waals surface area contributed by atoms with Crippen molar-refractivity contribution in [3.05, 3.63) is 24.4 Å². The second-order valence-electron chi connectivity index (χ2n) is 1.52. The molecule has 0 radical (unpaired) electrons. The Hall–Kier alpha value is -0.695. The molecule has 0 spiro atoms. The van der Waals surface area contributed by atoms with E-state index in [4.69, 9.17) is 4.65 Å². The topological polar surface area (TPSA) is 21.3 Å². The van der Waals surface area contributed by atoms with Crippen molar-refractivity contribution in [3.63, 3.8) is 0 Å². The fraction of sp³-hybridized carbons (Fsp3) is 0.333.